The summed E-state index contributed by atoms with van der Waals surface area (Å²) in [4.78, 5) is 13.2. The van der Waals surface area contributed by atoms with Gasteiger partial charge in [-0.05, 0) is 24.7 Å². The van der Waals surface area contributed by atoms with Gasteiger partial charge in [0, 0.05) is 25.6 Å². The van der Waals surface area contributed by atoms with E-state index >= 15 is 0 Å². The first-order valence-corrected chi connectivity index (χ1v) is 4.98. The fourth-order valence-corrected chi connectivity index (χ4v) is 1.39. The van der Waals surface area contributed by atoms with E-state index in [1.807, 2.05) is 18.7 Å². The molecule has 1 saturated heterocycles. The zero-order valence-corrected chi connectivity index (χ0v) is 8.47. The highest BCUT2D eigenvalue weighted by Gasteiger charge is 2.07. The van der Waals surface area contributed by atoms with Crippen molar-refractivity contribution in [3.8, 4) is 12.0 Å². The minimum atomic E-state index is 0.0712. The Balaban J connectivity index is 2.32. The number of nitrogens with zero attached hydrogens (tertiary/aromatic N) is 1. The van der Waals surface area contributed by atoms with Gasteiger partial charge in [0.25, 0.3) is 0 Å². The molecule has 1 aliphatic heterocycles. The molecule has 0 aromatic heterocycles. The molecule has 13 heavy (non-hydrogen) atoms. The third-order valence-corrected chi connectivity index (χ3v) is 2.05. The molecule has 1 aliphatic rings. The summed E-state index contributed by atoms with van der Waals surface area (Å²) in [5, 5.41) is 0. The second-order valence-corrected chi connectivity index (χ2v) is 3.95. The minimum Gasteiger partial charge on any atom is -0.332 e. The fourth-order valence-electron chi connectivity index (χ4n) is 1.39. The summed E-state index contributed by atoms with van der Waals surface area (Å²) < 4.78 is 0. The fraction of sp³-hybridized carbons (Fsp3) is 0.727. The smallest absolute Gasteiger partial charge is 0.207 e. The number of rotatable bonds is 2. The molecular weight excluding hydrogens is 162 g/mol. The van der Waals surface area contributed by atoms with E-state index in [4.69, 9.17) is 0 Å². The Bertz CT molecular complexity index is 228. The van der Waals surface area contributed by atoms with Crippen LogP contribution in [0.3, 0.4) is 0 Å². The topological polar surface area (TPSA) is 20.3 Å². The third-order valence-electron chi connectivity index (χ3n) is 2.05. The van der Waals surface area contributed by atoms with Crippen LogP contribution >= 0.6 is 0 Å². The molecule has 0 N–H and O–H groups in total. The number of hydrogen-bond acceptors (Lipinski definition) is 2. The van der Waals surface area contributed by atoms with Gasteiger partial charge in [-0.3, -0.25) is 4.79 Å². The zero-order chi connectivity index (χ0) is 9.68. The number of hydrogen-bond donors (Lipinski definition) is 0. The number of Topliss-reactive ketones (excluding diaryl/α,β-unsaturated/α-hetero) is 1. The van der Waals surface area contributed by atoms with Gasteiger partial charge >= 0.3 is 0 Å². The zero-order valence-electron chi connectivity index (χ0n) is 8.47. The van der Waals surface area contributed by atoms with Crippen molar-refractivity contribution >= 4 is 5.78 Å². The molecule has 0 aliphatic carbocycles. The third kappa shape index (κ3) is 3.98. The van der Waals surface area contributed by atoms with Gasteiger partial charge in [0.2, 0.25) is 5.78 Å². The van der Waals surface area contributed by atoms with E-state index in [2.05, 4.69) is 12.0 Å². The first kappa shape index (κ1) is 10.1. The van der Waals surface area contributed by atoms with E-state index < -0.39 is 0 Å². The van der Waals surface area contributed by atoms with E-state index in [-0.39, 0.29) is 5.78 Å². The summed E-state index contributed by atoms with van der Waals surface area (Å²) in [6.07, 6.45) is 3.01. The molecule has 0 spiro atoms. The predicted octanol–water partition coefficient (Wildman–Crippen LogP) is 1.66. The number of carbonyl (C=O) groups is 1. The van der Waals surface area contributed by atoms with Crippen LogP contribution in [0.2, 0.25) is 0 Å². The van der Waals surface area contributed by atoms with Crippen molar-refractivity contribution in [1.82, 2.24) is 4.90 Å². The van der Waals surface area contributed by atoms with Crippen LogP contribution in [0.25, 0.3) is 0 Å². The van der Waals surface area contributed by atoms with Crippen LogP contribution in [-0.4, -0.2) is 23.8 Å². The first-order valence-electron chi connectivity index (χ1n) is 4.98. The van der Waals surface area contributed by atoms with Crippen LogP contribution in [0.15, 0.2) is 0 Å². The van der Waals surface area contributed by atoms with Gasteiger partial charge in [-0.1, -0.05) is 13.8 Å². The van der Waals surface area contributed by atoms with Gasteiger partial charge in [0.05, 0.1) is 0 Å². The highest BCUT2D eigenvalue weighted by molar-refractivity contribution is 5.95. The molecule has 0 saturated carbocycles. The normalized spacial score (nSPS) is 15.8. The number of ketones is 1. The van der Waals surface area contributed by atoms with E-state index in [0.29, 0.717) is 12.3 Å². The summed E-state index contributed by atoms with van der Waals surface area (Å²) in [6.45, 7) is 6.13. The Hall–Kier alpha value is -0.970. The summed E-state index contributed by atoms with van der Waals surface area (Å²) >= 11 is 0. The molecule has 1 fully saturated rings. The van der Waals surface area contributed by atoms with Crippen molar-refractivity contribution in [1.29, 1.82) is 0 Å². The van der Waals surface area contributed by atoms with Gasteiger partial charge in [0.15, 0.2) is 0 Å². The Kier molecular flexibility index (Phi) is 3.82. The summed E-state index contributed by atoms with van der Waals surface area (Å²) in [5.41, 5.74) is 0. The monoisotopic (exact) mass is 179 g/mol. The van der Waals surface area contributed by atoms with Gasteiger partial charge in [0.1, 0.15) is 0 Å². The Morgan fingerprint density at radius 1 is 1.38 bits per heavy atom. The predicted molar refractivity (Wildman–Crippen MR) is 53.0 cm³/mol. The minimum absolute atomic E-state index is 0.0712. The van der Waals surface area contributed by atoms with Crippen molar-refractivity contribution in [2.24, 2.45) is 5.92 Å². The van der Waals surface area contributed by atoms with E-state index in [1.54, 1.807) is 0 Å². The van der Waals surface area contributed by atoms with E-state index in [9.17, 15) is 4.79 Å². The number of carbonyl (C=O) groups excluding carboxylic acids is 1. The number of likely N-dealkylation sites (tertiary alicyclic amines) is 1. The lowest BCUT2D eigenvalue weighted by Crippen LogP contribution is -2.12. The lowest BCUT2D eigenvalue weighted by atomic mass is 10.1. The first-order chi connectivity index (χ1) is 6.18. The van der Waals surface area contributed by atoms with Crippen LogP contribution in [0.4, 0.5) is 0 Å². The Morgan fingerprint density at radius 2 is 2.00 bits per heavy atom. The largest absolute Gasteiger partial charge is 0.332 e. The molecule has 1 heterocycles. The Labute approximate surface area is 80.3 Å². The molecule has 2 nitrogen and oxygen atoms in total. The Morgan fingerprint density at radius 3 is 2.54 bits per heavy atom. The van der Waals surface area contributed by atoms with Crippen molar-refractivity contribution in [2.75, 3.05) is 13.1 Å². The van der Waals surface area contributed by atoms with Crippen molar-refractivity contribution < 1.29 is 4.79 Å². The van der Waals surface area contributed by atoms with E-state index in [1.165, 1.54) is 12.8 Å². The highest BCUT2D eigenvalue weighted by atomic mass is 16.1. The van der Waals surface area contributed by atoms with Crippen molar-refractivity contribution in [2.45, 2.75) is 33.1 Å². The maximum Gasteiger partial charge on any atom is 0.207 e. The molecule has 0 bridgehead atoms. The highest BCUT2D eigenvalue weighted by Crippen LogP contribution is 2.05. The van der Waals surface area contributed by atoms with Crippen LogP contribution < -0.4 is 0 Å². The van der Waals surface area contributed by atoms with Crippen molar-refractivity contribution in [3.63, 3.8) is 0 Å². The lowest BCUT2D eigenvalue weighted by molar-refractivity contribution is -0.114. The lowest BCUT2D eigenvalue weighted by Gasteiger charge is -2.05. The van der Waals surface area contributed by atoms with Gasteiger partial charge in [-0.2, -0.15) is 0 Å². The second-order valence-electron chi connectivity index (χ2n) is 3.95. The van der Waals surface area contributed by atoms with Gasteiger partial charge in [-0.25, -0.2) is 0 Å². The summed E-state index contributed by atoms with van der Waals surface area (Å²) in [6, 6.07) is 2.92. The molecule has 0 atom stereocenters. The second kappa shape index (κ2) is 4.91. The van der Waals surface area contributed by atoms with Gasteiger partial charge in [-0.15, -0.1) is 0 Å². The standard InChI is InChI=1S/C11H17NO/c1-10(2)9-11(13)5-8-12-6-3-4-7-12/h10H,3-4,6-7,9H2,1-2H3. The molecule has 72 valence electrons. The molecule has 1 rings (SSSR count). The van der Waals surface area contributed by atoms with Crippen molar-refractivity contribution in [3.05, 3.63) is 0 Å². The quantitative estimate of drug-likeness (QED) is 0.601. The van der Waals surface area contributed by atoms with E-state index in [0.717, 1.165) is 13.1 Å². The maximum atomic E-state index is 11.2. The molecular formula is C11H17NO. The molecule has 0 radical (unpaired) electrons. The van der Waals surface area contributed by atoms with Crippen LogP contribution in [-0.2, 0) is 4.79 Å². The molecule has 0 amide bonds. The van der Waals surface area contributed by atoms with Crippen LogP contribution in [0.1, 0.15) is 33.1 Å². The SMILES string of the molecule is CC(C)CC(=O)C#CN1CCCC1. The summed E-state index contributed by atoms with van der Waals surface area (Å²) in [7, 11) is 0. The molecule has 0 aromatic carbocycles. The molecule has 0 aromatic rings. The summed E-state index contributed by atoms with van der Waals surface area (Å²) in [5.74, 6) is 3.18. The van der Waals surface area contributed by atoms with Crippen LogP contribution in [0.5, 0.6) is 0 Å². The average Bonchev–Trinajstić information content (AvgIpc) is 2.51. The maximum absolute atomic E-state index is 11.2. The average molecular weight is 179 g/mol. The van der Waals surface area contributed by atoms with Crippen LogP contribution in [0, 0.1) is 17.9 Å². The molecule has 0 unspecified atom stereocenters. The van der Waals surface area contributed by atoms with Gasteiger partial charge < -0.3 is 4.90 Å². The molecule has 2 heteroatoms.